The Kier molecular flexibility index (Phi) is 4.15. The maximum atomic E-state index is 12.4. The molecule has 4 aromatic rings. The lowest BCUT2D eigenvalue weighted by molar-refractivity contribution is 0.0998. The van der Waals surface area contributed by atoms with Crippen LogP contribution in [0.4, 0.5) is 17.1 Å². The smallest absolute Gasteiger partial charge is 0.291 e. The Labute approximate surface area is 151 Å². The van der Waals surface area contributed by atoms with Gasteiger partial charge in [-0.05, 0) is 61.0 Å². The van der Waals surface area contributed by atoms with Gasteiger partial charge < -0.3 is 15.1 Å². The van der Waals surface area contributed by atoms with Gasteiger partial charge in [-0.15, -0.1) is 0 Å². The summed E-state index contributed by atoms with van der Waals surface area (Å²) in [5.41, 5.74) is 4.50. The van der Waals surface area contributed by atoms with E-state index in [1.54, 1.807) is 6.07 Å². The zero-order chi connectivity index (χ0) is 17.9. The molecule has 0 bridgehead atoms. The van der Waals surface area contributed by atoms with Gasteiger partial charge in [0.1, 0.15) is 5.58 Å². The van der Waals surface area contributed by atoms with Crippen LogP contribution >= 0.6 is 0 Å². The zero-order valence-electron chi connectivity index (χ0n) is 14.3. The van der Waals surface area contributed by atoms with Crippen LogP contribution in [0.15, 0.2) is 83.3 Å². The first kappa shape index (κ1) is 16.0. The number of benzene rings is 3. The van der Waals surface area contributed by atoms with E-state index in [4.69, 9.17) is 4.42 Å². The number of aryl methyl sites for hydroxylation is 1. The molecule has 3 aromatic carbocycles. The molecule has 0 fully saturated rings. The molecule has 0 saturated heterocycles. The number of hydrogen-bond donors (Lipinski definition) is 2. The van der Waals surface area contributed by atoms with Crippen LogP contribution < -0.4 is 10.6 Å². The maximum absolute atomic E-state index is 12.4. The minimum absolute atomic E-state index is 0.261. The fourth-order valence-corrected chi connectivity index (χ4v) is 2.77. The summed E-state index contributed by atoms with van der Waals surface area (Å²) in [5.74, 6) is 0.0414. The van der Waals surface area contributed by atoms with Crippen LogP contribution in [0.1, 0.15) is 16.1 Å². The fourth-order valence-electron chi connectivity index (χ4n) is 2.77. The van der Waals surface area contributed by atoms with Crippen LogP contribution in [0.25, 0.3) is 11.0 Å². The summed E-state index contributed by atoms with van der Waals surface area (Å²) >= 11 is 0. The van der Waals surface area contributed by atoms with Gasteiger partial charge in [0.25, 0.3) is 5.91 Å². The SMILES string of the molecule is Cc1ccc2cc(C(=O)Nc3ccc(Nc4ccccc4)cc3)oc2c1. The van der Waals surface area contributed by atoms with Crippen LogP contribution in [0, 0.1) is 6.92 Å². The maximum Gasteiger partial charge on any atom is 0.291 e. The van der Waals surface area contributed by atoms with Crippen LogP contribution in [0.5, 0.6) is 0 Å². The van der Waals surface area contributed by atoms with Gasteiger partial charge in [0.15, 0.2) is 5.76 Å². The molecule has 0 atom stereocenters. The predicted molar refractivity (Wildman–Crippen MR) is 105 cm³/mol. The number of carbonyl (C=O) groups excluding carboxylic acids is 1. The van der Waals surface area contributed by atoms with Gasteiger partial charge in [0.05, 0.1) is 0 Å². The van der Waals surface area contributed by atoms with Gasteiger partial charge in [0, 0.05) is 22.4 Å². The van der Waals surface area contributed by atoms with Crippen LogP contribution in [0.3, 0.4) is 0 Å². The molecule has 26 heavy (non-hydrogen) atoms. The molecular formula is C22H18N2O2. The summed E-state index contributed by atoms with van der Waals surface area (Å²) in [4.78, 5) is 12.4. The summed E-state index contributed by atoms with van der Waals surface area (Å²) in [5, 5.41) is 7.09. The molecule has 2 N–H and O–H groups in total. The lowest BCUT2D eigenvalue weighted by Gasteiger charge is -2.08. The molecule has 0 radical (unpaired) electrons. The van der Waals surface area contributed by atoms with Crippen molar-refractivity contribution in [1.29, 1.82) is 0 Å². The van der Waals surface area contributed by atoms with Crippen LogP contribution in [-0.2, 0) is 0 Å². The molecule has 1 amide bonds. The minimum atomic E-state index is -0.261. The number of anilines is 3. The quantitative estimate of drug-likeness (QED) is 0.497. The van der Waals surface area contributed by atoms with Crippen molar-refractivity contribution in [2.75, 3.05) is 10.6 Å². The first-order valence-corrected chi connectivity index (χ1v) is 8.41. The predicted octanol–water partition coefficient (Wildman–Crippen LogP) is 5.74. The molecule has 0 aliphatic heterocycles. The first-order chi connectivity index (χ1) is 12.7. The Balaban J connectivity index is 1.46. The average molecular weight is 342 g/mol. The number of furan rings is 1. The minimum Gasteiger partial charge on any atom is -0.451 e. The third-order valence-electron chi connectivity index (χ3n) is 4.10. The molecule has 1 heterocycles. The highest BCUT2D eigenvalue weighted by Crippen LogP contribution is 2.22. The van der Waals surface area contributed by atoms with E-state index in [2.05, 4.69) is 10.6 Å². The van der Waals surface area contributed by atoms with Crippen molar-refractivity contribution in [3.05, 3.63) is 90.2 Å². The normalized spacial score (nSPS) is 10.7. The van der Waals surface area contributed by atoms with E-state index >= 15 is 0 Å². The Morgan fingerprint density at radius 2 is 1.50 bits per heavy atom. The Morgan fingerprint density at radius 1 is 0.808 bits per heavy atom. The summed E-state index contributed by atoms with van der Waals surface area (Å²) in [6.07, 6.45) is 0. The second kappa shape index (κ2) is 6.76. The van der Waals surface area contributed by atoms with Gasteiger partial charge in [-0.25, -0.2) is 0 Å². The van der Waals surface area contributed by atoms with Crippen molar-refractivity contribution < 1.29 is 9.21 Å². The van der Waals surface area contributed by atoms with E-state index in [-0.39, 0.29) is 5.91 Å². The van der Waals surface area contributed by atoms with Crippen molar-refractivity contribution in [1.82, 2.24) is 0 Å². The molecule has 4 rings (SSSR count). The standard InChI is InChI=1S/C22H18N2O2/c1-15-7-8-16-14-21(26-20(16)13-15)22(25)24-19-11-9-18(10-12-19)23-17-5-3-2-4-6-17/h2-14,23H,1H3,(H,24,25). The van der Waals surface area contributed by atoms with Crippen LogP contribution in [-0.4, -0.2) is 5.91 Å². The molecular weight excluding hydrogens is 324 g/mol. The summed E-state index contributed by atoms with van der Waals surface area (Å²) in [6, 6.07) is 25.1. The largest absolute Gasteiger partial charge is 0.451 e. The highest BCUT2D eigenvalue weighted by molar-refractivity contribution is 6.04. The topological polar surface area (TPSA) is 54.3 Å². The molecule has 4 nitrogen and oxygen atoms in total. The molecule has 0 spiro atoms. The van der Waals surface area contributed by atoms with Gasteiger partial charge >= 0.3 is 0 Å². The van der Waals surface area contributed by atoms with Crippen molar-refractivity contribution in [3.63, 3.8) is 0 Å². The van der Waals surface area contributed by atoms with Gasteiger partial charge in [-0.2, -0.15) is 0 Å². The number of rotatable bonds is 4. The van der Waals surface area contributed by atoms with Gasteiger partial charge in [0.2, 0.25) is 0 Å². The molecule has 0 saturated carbocycles. The summed E-state index contributed by atoms with van der Waals surface area (Å²) in [7, 11) is 0. The third-order valence-corrected chi connectivity index (χ3v) is 4.10. The van der Waals surface area contributed by atoms with Gasteiger partial charge in [-0.1, -0.05) is 30.3 Å². The Hall–Kier alpha value is -3.53. The van der Waals surface area contributed by atoms with E-state index in [9.17, 15) is 4.79 Å². The lowest BCUT2D eigenvalue weighted by atomic mass is 10.2. The number of fused-ring (bicyclic) bond motifs is 1. The molecule has 128 valence electrons. The fraction of sp³-hybridized carbons (Fsp3) is 0.0455. The molecule has 0 aliphatic rings. The summed E-state index contributed by atoms with van der Waals surface area (Å²) < 4.78 is 5.66. The Bertz CT molecular complexity index is 1050. The van der Waals surface area contributed by atoms with Crippen molar-refractivity contribution >= 4 is 33.9 Å². The van der Waals surface area contributed by atoms with Crippen molar-refractivity contribution in [2.45, 2.75) is 6.92 Å². The zero-order valence-corrected chi connectivity index (χ0v) is 14.3. The number of para-hydroxylation sites is 1. The monoisotopic (exact) mass is 342 g/mol. The highest BCUT2D eigenvalue weighted by Gasteiger charge is 2.12. The summed E-state index contributed by atoms with van der Waals surface area (Å²) in [6.45, 7) is 1.99. The van der Waals surface area contributed by atoms with E-state index < -0.39 is 0 Å². The lowest BCUT2D eigenvalue weighted by Crippen LogP contribution is -2.10. The highest BCUT2D eigenvalue weighted by atomic mass is 16.3. The number of hydrogen-bond acceptors (Lipinski definition) is 3. The molecule has 0 aliphatic carbocycles. The number of amides is 1. The first-order valence-electron chi connectivity index (χ1n) is 8.41. The van der Waals surface area contributed by atoms with Crippen LogP contribution in [0.2, 0.25) is 0 Å². The Morgan fingerprint density at radius 3 is 2.27 bits per heavy atom. The average Bonchev–Trinajstić information content (AvgIpc) is 3.07. The van der Waals surface area contributed by atoms with Crippen molar-refractivity contribution in [3.8, 4) is 0 Å². The van der Waals surface area contributed by atoms with Gasteiger partial charge in [-0.3, -0.25) is 4.79 Å². The van der Waals surface area contributed by atoms with E-state index in [0.29, 0.717) is 11.4 Å². The van der Waals surface area contributed by atoms with Crippen molar-refractivity contribution in [2.24, 2.45) is 0 Å². The van der Waals surface area contributed by atoms with E-state index in [1.165, 1.54) is 0 Å². The van der Waals surface area contributed by atoms with E-state index in [1.807, 2.05) is 79.7 Å². The third kappa shape index (κ3) is 3.44. The van der Waals surface area contributed by atoms with E-state index in [0.717, 1.165) is 27.9 Å². The number of nitrogens with one attached hydrogen (secondary N) is 2. The number of carbonyl (C=O) groups is 1. The second-order valence-electron chi connectivity index (χ2n) is 6.17. The molecule has 0 unspecified atom stereocenters. The molecule has 1 aromatic heterocycles. The second-order valence-corrected chi connectivity index (χ2v) is 6.17. The molecule has 4 heteroatoms.